The van der Waals surface area contributed by atoms with E-state index in [1.165, 1.54) is 0 Å². The van der Waals surface area contributed by atoms with Crippen LogP contribution < -0.4 is 10.5 Å². The largest absolute Gasteiger partial charge is 0.493 e. The zero-order valence-corrected chi connectivity index (χ0v) is 7.29. The van der Waals surface area contributed by atoms with Gasteiger partial charge in [-0.2, -0.15) is 0 Å². The van der Waals surface area contributed by atoms with E-state index < -0.39 is 0 Å². The Bertz CT molecular complexity index is 365. The van der Waals surface area contributed by atoms with Crippen molar-refractivity contribution in [1.29, 1.82) is 0 Å². The molecule has 0 bridgehead atoms. The molecule has 0 aliphatic carbocycles. The van der Waals surface area contributed by atoms with E-state index >= 15 is 0 Å². The summed E-state index contributed by atoms with van der Waals surface area (Å²) in [7, 11) is 0. The van der Waals surface area contributed by atoms with Crippen LogP contribution in [0.15, 0.2) is 18.2 Å². The SMILES string of the molecule is C#Cc1cccc2c1[C@@H](N)CCO2. The van der Waals surface area contributed by atoms with Crippen LogP contribution in [0.3, 0.4) is 0 Å². The van der Waals surface area contributed by atoms with E-state index in [1.807, 2.05) is 18.2 Å². The van der Waals surface area contributed by atoms with Gasteiger partial charge in [0, 0.05) is 23.6 Å². The highest BCUT2D eigenvalue weighted by Crippen LogP contribution is 2.32. The number of hydrogen-bond acceptors (Lipinski definition) is 2. The number of benzene rings is 1. The van der Waals surface area contributed by atoms with Gasteiger partial charge in [0.2, 0.25) is 0 Å². The quantitative estimate of drug-likeness (QED) is 0.603. The Morgan fingerprint density at radius 2 is 2.38 bits per heavy atom. The van der Waals surface area contributed by atoms with E-state index in [1.54, 1.807) is 0 Å². The van der Waals surface area contributed by atoms with Crippen molar-refractivity contribution in [1.82, 2.24) is 0 Å². The number of rotatable bonds is 0. The van der Waals surface area contributed by atoms with Crippen LogP contribution in [-0.2, 0) is 0 Å². The van der Waals surface area contributed by atoms with E-state index in [0.717, 1.165) is 23.3 Å². The molecule has 0 spiro atoms. The van der Waals surface area contributed by atoms with Crippen LogP contribution >= 0.6 is 0 Å². The van der Waals surface area contributed by atoms with Gasteiger partial charge in [-0.3, -0.25) is 0 Å². The molecule has 2 nitrogen and oxygen atoms in total. The maximum atomic E-state index is 5.95. The molecule has 1 heterocycles. The predicted octanol–water partition coefficient (Wildman–Crippen LogP) is 1.45. The molecule has 1 atom stereocenters. The van der Waals surface area contributed by atoms with E-state index in [4.69, 9.17) is 16.9 Å². The molecule has 66 valence electrons. The average molecular weight is 173 g/mol. The minimum absolute atomic E-state index is 0.0241. The van der Waals surface area contributed by atoms with E-state index in [-0.39, 0.29) is 6.04 Å². The predicted molar refractivity (Wildman–Crippen MR) is 51.4 cm³/mol. The van der Waals surface area contributed by atoms with Crippen molar-refractivity contribution in [3.63, 3.8) is 0 Å². The third-order valence-corrected chi connectivity index (χ3v) is 2.28. The molecule has 0 saturated heterocycles. The van der Waals surface area contributed by atoms with Crippen molar-refractivity contribution >= 4 is 0 Å². The lowest BCUT2D eigenvalue weighted by Crippen LogP contribution is -2.21. The molecule has 1 aliphatic heterocycles. The molecule has 1 aliphatic rings. The Morgan fingerprint density at radius 1 is 1.54 bits per heavy atom. The topological polar surface area (TPSA) is 35.2 Å². The van der Waals surface area contributed by atoms with E-state index in [9.17, 15) is 0 Å². The zero-order chi connectivity index (χ0) is 9.26. The summed E-state index contributed by atoms with van der Waals surface area (Å²) in [4.78, 5) is 0. The highest BCUT2D eigenvalue weighted by Gasteiger charge is 2.20. The lowest BCUT2D eigenvalue weighted by atomic mass is 9.96. The number of hydrogen-bond donors (Lipinski definition) is 1. The van der Waals surface area contributed by atoms with Gasteiger partial charge in [-0.05, 0) is 12.1 Å². The van der Waals surface area contributed by atoms with Crippen molar-refractivity contribution in [3.8, 4) is 18.1 Å². The van der Waals surface area contributed by atoms with Crippen molar-refractivity contribution in [2.24, 2.45) is 5.73 Å². The highest BCUT2D eigenvalue weighted by atomic mass is 16.5. The van der Waals surface area contributed by atoms with E-state index in [2.05, 4.69) is 5.92 Å². The van der Waals surface area contributed by atoms with Crippen molar-refractivity contribution in [3.05, 3.63) is 29.3 Å². The lowest BCUT2D eigenvalue weighted by Gasteiger charge is -2.23. The molecule has 0 aromatic heterocycles. The molecule has 2 rings (SSSR count). The summed E-state index contributed by atoms with van der Waals surface area (Å²) in [6, 6.07) is 5.73. The summed E-state index contributed by atoms with van der Waals surface area (Å²) in [5, 5.41) is 0. The van der Waals surface area contributed by atoms with Crippen LogP contribution in [0.5, 0.6) is 5.75 Å². The summed E-state index contributed by atoms with van der Waals surface area (Å²) < 4.78 is 5.46. The Hall–Kier alpha value is -1.46. The van der Waals surface area contributed by atoms with Gasteiger partial charge >= 0.3 is 0 Å². The average Bonchev–Trinajstić information content (AvgIpc) is 2.17. The summed E-state index contributed by atoms with van der Waals surface area (Å²) in [5.41, 5.74) is 7.78. The number of terminal acetylenes is 1. The first-order chi connectivity index (χ1) is 6.33. The minimum Gasteiger partial charge on any atom is -0.493 e. The monoisotopic (exact) mass is 173 g/mol. The van der Waals surface area contributed by atoms with Crippen LogP contribution in [0, 0.1) is 12.3 Å². The van der Waals surface area contributed by atoms with Gasteiger partial charge in [-0.25, -0.2) is 0 Å². The second kappa shape index (κ2) is 3.12. The Labute approximate surface area is 77.7 Å². The van der Waals surface area contributed by atoms with Gasteiger partial charge in [0.1, 0.15) is 5.75 Å². The second-order valence-electron chi connectivity index (χ2n) is 3.11. The minimum atomic E-state index is 0.0241. The maximum Gasteiger partial charge on any atom is 0.125 e. The maximum absolute atomic E-state index is 5.95. The van der Waals surface area contributed by atoms with Crippen molar-refractivity contribution in [2.45, 2.75) is 12.5 Å². The van der Waals surface area contributed by atoms with Crippen LogP contribution in [0.25, 0.3) is 0 Å². The molecule has 0 amide bonds. The second-order valence-corrected chi connectivity index (χ2v) is 3.11. The lowest BCUT2D eigenvalue weighted by molar-refractivity contribution is 0.269. The number of ether oxygens (including phenoxy) is 1. The fraction of sp³-hybridized carbons (Fsp3) is 0.273. The summed E-state index contributed by atoms with van der Waals surface area (Å²) >= 11 is 0. The van der Waals surface area contributed by atoms with Crippen LogP contribution in [0.2, 0.25) is 0 Å². The summed E-state index contributed by atoms with van der Waals surface area (Å²) in [5.74, 6) is 3.47. The molecule has 0 unspecified atom stereocenters. The summed E-state index contributed by atoms with van der Waals surface area (Å²) in [6.07, 6.45) is 6.21. The molecule has 1 aromatic rings. The van der Waals surface area contributed by atoms with Crippen molar-refractivity contribution in [2.75, 3.05) is 6.61 Å². The van der Waals surface area contributed by atoms with Gasteiger partial charge in [0.05, 0.1) is 6.61 Å². The Balaban J connectivity index is 2.58. The van der Waals surface area contributed by atoms with Crippen LogP contribution in [-0.4, -0.2) is 6.61 Å². The first kappa shape index (κ1) is 8.15. The normalized spacial score (nSPS) is 19.8. The smallest absolute Gasteiger partial charge is 0.125 e. The fourth-order valence-electron chi connectivity index (χ4n) is 1.62. The standard InChI is InChI=1S/C11H11NO/c1-2-8-4-3-5-10-11(8)9(12)6-7-13-10/h1,3-5,9H,6-7,12H2/t9-/m0/s1. The molecule has 0 radical (unpaired) electrons. The van der Waals surface area contributed by atoms with Gasteiger partial charge in [0.25, 0.3) is 0 Å². The Morgan fingerprint density at radius 3 is 3.15 bits per heavy atom. The Kier molecular flexibility index (Phi) is 1.96. The third kappa shape index (κ3) is 1.28. The third-order valence-electron chi connectivity index (χ3n) is 2.28. The van der Waals surface area contributed by atoms with Crippen LogP contribution in [0.1, 0.15) is 23.6 Å². The van der Waals surface area contributed by atoms with Gasteiger partial charge in [-0.15, -0.1) is 6.42 Å². The molecule has 1 aromatic carbocycles. The molecule has 0 fully saturated rings. The molecule has 2 N–H and O–H groups in total. The molecule has 2 heteroatoms. The molecular formula is C11H11NO. The van der Waals surface area contributed by atoms with Gasteiger partial charge < -0.3 is 10.5 Å². The first-order valence-electron chi connectivity index (χ1n) is 4.31. The first-order valence-corrected chi connectivity index (χ1v) is 4.31. The molecule has 13 heavy (non-hydrogen) atoms. The van der Waals surface area contributed by atoms with Crippen molar-refractivity contribution < 1.29 is 4.74 Å². The fourth-order valence-corrected chi connectivity index (χ4v) is 1.62. The zero-order valence-electron chi connectivity index (χ0n) is 7.29. The molecule has 0 saturated carbocycles. The highest BCUT2D eigenvalue weighted by molar-refractivity contribution is 5.50. The van der Waals surface area contributed by atoms with Crippen LogP contribution in [0.4, 0.5) is 0 Å². The van der Waals surface area contributed by atoms with Gasteiger partial charge in [-0.1, -0.05) is 12.0 Å². The van der Waals surface area contributed by atoms with Gasteiger partial charge in [0.15, 0.2) is 0 Å². The number of fused-ring (bicyclic) bond motifs is 1. The molecular weight excluding hydrogens is 162 g/mol. The summed E-state index contributed by atoms with van der Waals surface area (Å²) in [6.45, 7) is 0.683. The number of nitrogens with two attached hydrogens (primary N) is 1. The van der Waals surface area contributed by atoms with E-state index in [0.29, 0.717) is 6.61 Å².